The predicted molar refractivity (Wildman–Crippen MR) is 113 cm³/mol. The Labute approximate surface area is 173 Å². The number of rotatable bonds is 4. The van der Waals surface area contributed by atoms with Gasteiger partial charge >= 0.3 is 0 Å². The number of nitrogens with zero attached hydrogens (tertiary/aromatic N) is 3. The minimum absolute atomic E-state index is 0.0219. The second-order valence-corrected chi connectivity index (χ2v) is 6.80. The van der Waals surface area contributed by atoms with Crippen LogP contribution in [-0.2, 0) is 9.53 Å². The zero-order valence-electron chi connectivity index (χ0n) is 16.1. The number of anilines is 2. The lowest BCUT2D eigenvalue weighted by molar-refractivity contribution is -0.112. The minimum Gasteiger partial charge on any atom is -0.378 e. The van der Waals surface area contributed by atoms with E-state index < -0.39 is 11.7 Å². The number of benzene rings is 2. The van der Waals surface area contributed by atoms with Gasteiger partial charge in [-0.1, -0.05) is 30.3 Å². The van der Waals surface area contributed by atoms with Crippen LogP contribution in [0, 0.1) is 17.1 Å². The van der Waals surface area contributed by atoms with Crippen LogP contribution in [0.3, 0.4) is 0 Å². The molecular weight excluding hydrogens is 383 g/mol. The Bertz CT molecular complexity index is 1160. The topological polar surface area (TPSA) is 78.2 Å². The molecule has 0 saturated carbocycles. The van der Waals surface area contributed by atoms with Crippen molar-refractivity contribution < 1.29 is 13.9 Å². The van der Waals surface area contributed by atoms with Crippen molar-refractivity contribution in [2.75, 3.05) is 36.5 Å². The van der Waals surface area contributed by atoms with Crippen LogP contribution < -0.4 is 10.2 Å². The molecule has 0 spiro atoms. The van der Waals surface area contributed by atoms with Crippen molar-refractivity contribution >= 4 is 34.4 Å². The molecule has 1 amide bonds. The molecule has 2 aromatic carbocycles. The van der Waals surface area contributed by atoms with E-state index in [-0.39, 0.29) is 11.3 Å². The number of hydrogen-bond acceptors (Lipinski definition) is 5. The first kappa shape index (κ1) is 19.6. The van der Waals surface area contributed by atoms with Crippen LogP contribution in [0.5, 0.6) is 0 Å². The summed E-state index contributed by atoms with van der Waals surface area (Å²) < 4.78 is 19.3. The van der Waals surface area contributed by atoms with Gasteiger partial charge < -0.3 is 15.0 Å². The van der Waals surface area contributed by atoms with E-state index in [0.29, 0.717) is 37.7 Å². The van der Waals surface area contributed by atoms with E-state index in [9.17, 15) is 14.4 Å². The summed E-state index contributed by atoms with van der Waals surface area (Å²) in [5, 5.41) is 12.9. The number of ether oxygens (including phenoxy) is 1. The molecule has 30 heavy (non-hydrogen) atoms. The molecule has 4 rings (SSSR count). The summed E-state index contributed by atoms with van der Waals surface area (Å²) in [4.78, 5) is 19.5. The van der Waals surface area contributed by atoms with E-state index in [1.807, 2.05) is 36.4 Å². The molecular formula is C23H19FN4O2. The molecule has 1 saturated heterocycles. The third kappa shape index (κ3) is 4.14. The fourth-order valence-corrected chi connectivity index (χ4v) is 3.31. The van der Waals surface area contributed by atoms with Crippen LogP contribution in [0.2, 0.25) is 0 Å². The maximum atomic E-state index is 13.9. The van der Waals surface area contributed by atoms with Gasteiger partial charge in [0.2, 0.25) is 0 Å². The van der Waals surface area contributed by atoms with Crippen molar-refractivity contribution in [2.24, 2.45) is 0 Å². The first-order valence-corrected chi connectivity index (χ1v) is 9.56. The Morgan fingerprint density at radius 3 is 2.67 bits per heavy atom. The average Bonchev–Trinajstić information content (AvgIpc) is 2.79. The maximum absolute atomic E-state index is 13.9. The lowest BCUT2D eigenvalue weighted by Crippen LogP contribution is -2.37. The maximum Gasteiger partial charge on any atom is 0.266 e. The summed E-state index contributed by atoms with van der Waals surface area (Å²) in [6, 6.07) is 17.3. The number of hydrogen-bond donors (Lipinski definition) is 1. The fourth-order valence-electron chi connectivity index (χ4n) is 3.31. The number of nitriles is 1. The molecule has 1 aliphatic rings. The molecule has 1 fully saturated rings. The van der Waals surface area contributed by atoms with E-state index in [0.717, 1.165) is 10.9 Å². The SMILES string of the molecule is N#C/C(=C\c1cc2ccccc2nc1N1CCOCC1)C(=O)Nc1ccccc1F. The molecule has 1 N–H and O–H groups in total. The number of carbonyl (C=O) groups is 1. The monoisotopic (exact) mass is 402 g/mol. The zero-order chi connectivity index (χ0) is 20.9. The molecule has 1 aromatic heterocycles. The first-order valence-electron chi connectivity index (χ1n) is 9.56. The number of pyridine rings is 1. The van der Waals surface area contributed by atoms with Crippen molar-refractivity contribution in [1.29, 1.82) is 5.26 Å². The van der Waals surface area contributed by atoms with Gasteiger partial charge in [-0.2, -0.15) is 5.26 Å². The molecule has 0 aliphatic carbocycles. The fraction of sp³-hybridized carbons (Fsp3) is 0.174. The molecule has 1 aliphatic heterocycles. The highest BCUT2D eigenvalue weighted by Gasteiger charge is 2.19. The predicted octanol–water partition coefficient (Wildman–Crippen LogP) is 3.76. The summed E-state index contributed by atoms with van der Waals surface area (Å²) in [5.74, 6) is -0.559. The number of halogens is 1. The van der Waals surface area contributed by atoms with E-state index in [4.69, 9.17) is 9.72 Å². The van der Waals surface area contributed by atoms with Gasteiger partial charge in [0.05, 0.1) is 24.4 Å². The Morgan fingerprint density at radius 2 is 1.90 bits per heavy atom. The number of nitrogens with one attached hydrogen (secondary N) is 1. The average molecular weight is 402 g/mol. The molecule has 6 nitrogen and oxygen atoms in total. The van der Waals surface area contributed by atoms with Crippen LogP contribution in [0.25, 0.3) is 17.0 Å². The highest BCUT2D eigenvalue weighted by atomic mass is 19.1. The van der Waals surface area contributed by atoms with Crippen LogP contribution in [0.1, 0.15) is 5.56 Å². The molecule has 7 heteroatoms. The third-order valence-electron chi connectivity index (χ3n) is 4.83. The van der Waals surface area contributed by atoms with Crippen molar-refractivity contribution in [3.05, 3.63) is 71.6 Å². The zero-order valence-corrected chi connectivity index (χ0v) is 16.1. The van der Waals surface area contributed by atoms with E-state index >= 15 is 0 Å². The van der Waals surface area contributed by atoms with Crippen LogP contribution in [-0.4, -0.2) is 37.2 Å². The Morgan fingerprint density at radius 1 is 1.17 bits per heavy atom. The largest absolute Gasteiger partial charge is 0.378 e. The van der Waals surface area contributed by atoms with Gasteiger partial charge in [-0.05, 0) is 30.3 Å². The number of amides is 1. The third-order valence-corrected chi connectivity index (χ3v) is 4.83. The van der Waals surface area contributed by atoms with Crippen LogP contribution >= 0.6 is 0 Å². The van der Waals surface area contributed by atoms with Gasteiger partial charge in [-0.3, -0.25) is 4.79 Å². The van der Waals surface area contributed by atoms with E-state index in [1.54, 1.807) is 6.07 Å². The van der Waals surface area contributed by atoms with Crippen molar-refractivity contribution in [2.45, 2.75) is 0 Å². The van der Waals surface area contributed by atoms with Gasteiger partial charge in [-0.25, -0.2) is 9.37 Å². The standard InChI is InChI=1S/C23H19FN4O2/c24-19-6-2-4-8-21(19)27-23(29)18(15-25)14-17-13-16-5-1-3-7-20(16)26-22(17)28-9-11-30-12-10-28/h1-8,13-14H,9-12H2,(H,27,29)/b18-14+. The van der Waals surface area contributed by atoms with Crippen LogP contribution in [0.15, 0.2) is 60.2 Å². The molecule has 0 bridgehead atoms. The molecule has 0 atom stereocenters. The van der Waals surface area contributed by atoms with Crippen molar-refractivity contribution in [3.8, 4) is 6.07 Å². The van der Waals surface area contributed by atoms with Gasteiger partial charge in [0.1, 0.15) is 23.3 Å². The summed E-state index contributed by atoms with van der Waals surface area (Å²) in [7, 11) is 0. The molecule has 0 unspecified atom stereocenters. The second kappa shape index (κ2) is 8.72. The number of para-hydroxylation sites is 2. The Balaban J connectivity index is 1.74. The Hall–Kier alpha value is -3.76. The van der Waals surface area contributed by atoms with E-state index in [2.05, 4.69) is 10.2 Å². The van der Waals surface area contributed by atoms with Gasteiger partial charge in [-0.15, -0.1) is 0 Å². The normalized spacial score (nSPS) is 14.4. The van der Waals surface area contributed by atoms with Crippen molar-refractivity contribution in [1.82, 2.24) is 4.98 Å². The van der Waals surface area contributed by atoms with Gasteiger partial charge in [0, 0.05) is 24.0 Å². The van der Waals surface area contributed by atoms with Gasteiger partial charge in [0.15, 0.2) is 0 Å². The minimum atomic E-state index is -0.677. The summed E-state index contributed by atoms with van der Waals surface area (Å²) in [5.41, 5.74) is 1.36. The van der Waals surface area contributed by atoms with Gasteiger partial charge in [0.25, 0.3) is 5.91 Å². The first-order chi connectivity index (χ1) is 14.7. The number of aromatic nitrogens is 1. The molecule has 0 radical (unpaired) electrons. The molecule has 150 valence electrons. The number of carbonyl (C=O) groups excluding carboxylic acids is 1. The summed E-state index contributed by atoms with van der Waals surface area (Å²) in [6.45, 7) is 2.48. The smallest absolute Gasteiger partial charge is 0.266 e. The number of fused-ring (bicyclic) bond motifs is 1. The quantitative estimate of drug-likeness (QED) is 0.531. The van der Waals surface area contributed by atoms with Crippen molar-refractivity contribution in [3.63, 3.8) is 0 Å². The molecule has 2 heterocycles. The lowest BCUT2D eigenvalue weighted by Gasteiger charge is -2.29. The number of morpholine rings is 1. The highest BCUT2D eigenvalue weighted by molar-refractivity contribution is 6.10. The Kier molecular flexibility index (Phi) is 5.68. The summed E-state index contributed by atoms with van der Waals surface area (Å²) >= 11 is 0. The second-order valence-electron chi connectivity index (χ2n) is 6.80. The van der Waals surface area contributed by atoms with Crippen LogP contribution in [0.4, 0.5) is 15.9 Å². The summed E-state index contributed by atoms with van der Waals surface area (Å²) in [6.07, 6.45) is 1.50. The lowest BCUT2D eigenvalue weighted by atomic mass is 10.1. The van der Waals surface area contributed by atoms with E-state index in [1.165, 1.54) is 24.3 Å². The highest BCUT2D eigenvalue weighted by Crippen LogP contribution is 2.27. The molecule has 3 aromatic rings.